The van der Waals surface area contributed by atoms with Crippen molar-refractivity contribution in [2.24, 2.45) is 0 Å². The first kappa shape index (κ1) is 23.3. The van der Waals surface area contributed by atoms with E-state index in [0.717, 1.165) is 43.9 Å². The molecule has 180 valence electrons. The predicted octanol–water partition coefficient (Wildman–Crippen LogP) is 4.95. The van der Waals surface area contributed by atoms with Crippen LogP contribution in [0.3, 0.4) is 0 Å². The summed E-state index contributed by atoms with van der Waals surface area (Å²) >= 11 is 5.93. The number of nitrogen functional groups attached to an aromatic ring is 1. The van der Waals surface area contributed by atoms with Crippen LogP contribution in [0.15, 0.2) is 59.9 Å². The Morgan fingerprint density at radius 2 is 1.91 bits per heavy atom. The number of hydrogen-bond donors (Lipinski definition) is 2. The molecule has 2 aromatic heterocycles. The predicted molar refractivity (Wildman–Crippen MR) is 132 cm³/mol. The van der Waals surface area contributed by atoms with Crippen LogP contribution >= 0.6 is 11.6 Å². The monoisotopic (exact) mass is 513 g/mol. The van der Waals surface area contributed by atoms with Gasteiger partial charge < -0.3 is 10.3 Å². The molecule has 0 atom stereocenters. The number of aromatic nitrogens is 3. The van der Waals surface area contributed by atoms with Crippen molar-refractivity contribution >= 4 is 49.9 Å². The Balaban J connectivity index is 1.51. The molecule has 0 radical (unpaired) electrons. The second-order valence-corrected chi connectivity index (χ2v) is 10.5. The zero-order valence-electron chi connectivity index (χ0n) is 18.4. The minimum Gasteiger partial charge on any atom is -0.383 e. The normalized spacial score (nSPS) is 14.5. The number of fused-ring (bicyclic) bond motifs is 1. The molecule has 8 nitrogen and oxygen atoms in total. The molecule has 1 saturated carbocycles. The topological polar surface area (TPSA) is 120 Å². The van der Waals surface area contributed by atoms with Gasteiger partial charge in [0, 0.05) is 23.5 Å². The Morgan fingerprint density at radius 3 is 2.66 bits per heavy atom. The molecule has 11 heteroatoms. The lowest BCUT2D eigenvalue weighted by molar-refractivity contribution is 0.104. The van der Waals surface area contributed by atoms with Gasteiger partial charge in [-0.3, -0.25) is 9.52 Å². The first-order chi connectivity index (χ1) is 16.7. The molecule has 0 spiro atoms. The Kier molecular flexibility index (Phi) is 5.94. The van der Waals surface area contributed by atoms with Crippen molar-refractivity contribution in [1.29, 1.82) is 0 Å². The minimum atomic E-state index is -4.12. The summed E-state index contributed by atoms with van der Waals surface area (Å²) in [6.07, 6.45) is 7.34. The molecular weight excluding hydrogens is 493 g/mol. The Morgan fingerprint density at radius 1 is 1.14 bits per heavy atom. The van der Waals surface area contributed by atoms with Crippen molar-refractivity contribution in [3.05, 3.63) is 77.0 Å². The van der Waals surface area contributed by atoms with Crippen molar-refractivity contribution in [3.63, 3.8) is 0 Å². The van der Waals surface area contributed by atoms with E-state index in [1.54, 1.807) is 18.3 Å². The van der Waals surface area contributed by atoms with Crippen LogP contribution in [0.25, 0.3) is 11.0 Å². The van der Waals surface area contributed by atoms with Crippen LogP contribution in [-0.4, -0.2) is 28.7 Å². The maximum atomic E-state index is 13.6. The van der Waals surface area contributed by atoms with E-state index in [4.69, 9.17) is 17.3 Å². The Bertz CT molecular complexity index is 1560. The van der Waals surface area contributed by atoms with Crippen LogP contribution in [0.2, 0.25) is 5.02 Å². The lowest BCUT2D eigenvalue weighted by Gasteiger charge is -2.12. The van der Waals surface area contributed by atoms with Gasteiger partial charge in [-0.2, -0.15) is 0 Å². The van der Waals surface area contributed by atoms with E-state index < -0.39 is 15.8 Å². The summed E-state index contributed by atoms with van der Waals surface area (Å²) in [5, 5.41) is 0.230. The van der Waals surface area contributed by atoms with Crippen molar-refractivity contribution in [3.8, 4) is 0 Å². The molecule has 3 N–H and O–H groups in total. The molecule has 1 aliphatic carbocycles. The summed E-state index contributed by atoms with van der Waals surface area (Å²) in [5.41, 5.74) is 7.51. The molecule has 5 rings (SSSR count). The molecule has 0 aliphatic heterocycles. The van der Waals surface area contributed by atoms with Crippen molar-refractivity contribution in [1.82, 2.24) is 14.5 Å². The van der Waals surface area contributed by atoms with Crippen LogP contribution in [0, 0.1) is 5.82 Å². The smallest absolute Gasteiger partial charge is 0.263 e. The number of anilines is 2. The van der Waals surface area contributed by atoms with E-state index in [1.165, 1.54) is 18.5 Å². The zero-order chi connectivity index (χ0) is 24.7. The number of hydrogen-bond acceptors (Lipinski definition) is 6. The van der Waals surface area contributed by atoms with Gasteiger partial charge >= 0.3 is 0 Å². The highest BCUT2D eigenvalue weighted by Crippen LogP contribution is 2.35. The van der Waals surface area contributed by atoms with E-state index in [9.17, 15) is 17.6 Å². The van der Waals surface area contributed by atoms with E-state index in [0.29, 0.717) is 16.6 Å². The quantitative estimate of drug-likeness (QED) is 0.352. The Hall–Kier alpha value is -3.50. The van der Waals surface area contributed by atoms with Gasteiger partial charge in [-0.1, -0.05) is 36.6 Å². The third-order valence-electron chi connectivity index (χ3n) is 6.16. The van der Waals surface area contributed by atoms with Crippen LogP contribution in [0.5, 0.6) is 0 Å². The molecule has 1 aliphatic rings. The number of benzene rings is 2. The fourth-order valence-corrected chi connectivity index (χ4v) is 6.11. The van der Waals surface area contributed by atoms with Crippen LogP contribution in [0.4, 0.5) is 15.9 Å². The molecule has 0 bridgehead atoms. The lowest BCUT2D eigenvalue weighted by Crippen LogP contribution is -2.14. The number of nitrogens with two attached hydrogens (primary N) is 1. The highest BCUT2D eigenvalue weighted by atomic mass is 35.5. The summed E-state index contributed by atoms with van der Waals surface area (Å²) in [5.74, 6) is -0.784. The highest BCUT2D eigenvalue weighted by molar-refractivity contribution is 7.92. The summed E-state index contributed by atoms with van der Waals surface area (Å²) in [4.78, 5) is 21.7. The highest BCUT2D eigenvalue weighted by Gasteiger charge is 2.26. The fourth-order valence-electron chi connectivity index (χ4n) is 4.52. The molecule has 0 saturated heterocycles. The average Bonchev–Trinajstić information content (AvgIpc) is 3.47. The molecule has 35 heavy (non-hydrogen) atoms. The number of ketones is 1. The van der Waals surface area contributed by atoms with Gasteiger partial charge in [0.25, 0.3) is 10.0 Å². The van der Waals surface area contributed by atoms with Gasteiger partial charge in [-0.15, -0.1) is 0 Å². The SMILES string of the molecule is Nc1ncnc2c1c(C(=O)c1cccc(NS(=O)(=O)c3ccc(F)cc3Cl)c1)cn2C1CCCC1. The fraction of sp³-hybridized carbons (Fsp3) is 0.208. The van der Waals surface area contributed by atoms with E-state index in [1.807, 2.05) is 4.57 Å². The van der Waals surface area contributed by atoms with Crippen LogP contribution in [-0.2, 0) is 10.0 Å². The van der Waals surface area contributed by atoms with Crippen molar-refractivity contribution < 1.29 is 17.6 Å². The number of sulfonamides is 1. The summed E-state index contributed by atoms with van der Waals surface area (Å²) in [7, 11) is -4.12. The molecular formula is C24H21ClFN5O3S. The van der Waals surface area contributed by atoms with Crippen molar-refractivity contribution in [2.45, 2.75) is 36.6 Å². The summed E-state index contributed by atoms with van der Waals surface area (Å²) in [6.45, 7) is 0. The number of rotatable bonds is 6. The molecule has 2 heterocycles. The van der Waals surface area contributed by atoms with E-state index in [-0.39, 0.29) is 38.8 Å². The first-order valence-electron chi connectivity index (χ1n) is 11.0. The van der Waals surface area contributed by atoms with Gasteiger partial charge in [0.2, 0.25) is 0 Å². The van der Waals surface area contributed by atoms with Gasteiger partial charge in [0.1, 0.15) is 28.5 Å². The van der Waals surface area contributed by atoms with Crippen molar-refractivity contribution in [2.75, 3.05) is 10.5 Å². The third-order valence-corrected chi connectivity index (χ3v) is 8.03. The number of nitrogens with zero attached hydrogens (tertiary/aromatic N) is 3. The summed E-state index contributed by atoms with van der Waals surface area (Å²) < 4.78 is 43.4. The van der Waals surface area contributed by atoms with Gasteiger partial charge in [-0.25, -0.2) is 22.8 Å². The molecule has 4 aromatic rings. The van der Waals surface area contributed by atoms with E-state index in [2.05, 4.69) is 14.7 Å². The molecule has 0 amide bonds. The standard InChI is InChI=1S/C24H21ClFN5O3S/c25-19-11-15(26)8-9-20(19)35(33,34)30-16-5-3-4-14(10-16)22(32)18-12-31(17-6-1-2-7-17)24-21(18)23(27)28-13-29-24/h3-5,8-13,17,30H,1-2,6-7H2,(H2,27,28,29). The molecule has 2 aromatic carbocycles. The molecule has 1 fully saturated rings. The number of carbonyl (C=O) groups is 1. The largest absolute Gasteiger partial charge is 0.383 e. The van der Waals surface area contributed by atoms with E-state index >= 15 is 0 Å². The zero-order valence-corrected chi connectivity index (χ0v) is 20.0. The number of nitrogens with one attached hydrogen (secondary N) is 1. The maximum absolute atomic E-state index is 13.6. The second-order valence-electron chi connectivity index (χ2n) is 8.44. The third kappa shape index (κ3) is 4.35. The van der Waals surface area contributed by atoms with Gasteiger partial charge in [0.15, 0.2) is 5.78 Å². The van der Waals surface area contributed by atoms with Crippen LogP contribution in [0.1, 0.15) is 47.6 Å². The Labute approximate surface area is 206 Å². The maximum Gasteiger partial charge on any atom is 0.263 e. The molecule has 0 unspecified atom stereocenters. The number of carbonyl (C=O) groups excluding carboxylic acids is 1. The van der Waals surface area contributed by atoms with Gasteiger partial charge in [-0.05, 0) is 43.2 Å². The van der Waals surface area contributed by atoms with Crippen LogP contribution < -0.4 is 10.5 Å². The van der Waals surface area contributed by atoms with Gasteiger partial charge in [0.05, 0.1) is 16.0 Å². The lowest BCUT2D eigenvalue weighted by atomic mass is 10.0. The average molecular weight is 514 g/mol. The minimum absolute atomic E-state index is 0.153. The number of halogens is 2. The summed E-state index contributed by atoms with van der Waals surface area (Å²) in [6, 6.07) is 9.32. The first-order valence-corrected chi connectivity index (χ1v) is 12.8. The second kappa shape index (κ2) is 8.94.